The minimum Gasteiger partial charge on any atom is -0.274 e. The molecule has 4 aliphatic rings. The van der Waals surface area contributed by atoms with Gasteiger partial charge < -0.3 is 0 Å². The number of para-hydroxylation sites is 1. The molecule has 1 fully saturated rings. The Morgan fingerprint density at radius 3 is 2.00 bits per heavy atom. The van der Waals surface area contributed by atoms with E-state index in [2.05, 4.69) is 72.2 Å². The second-order valence-corrected chi connectivity index (χ2v) is 10.2. The van der Waals surface area contributed by atoms with Crippen molar-refractivity contribution in [3.05, 3.63) is 99.0 Å². The number of carbonyl (C=O) groups is 2. The Bertz CT molecular complexity index is 1280. The number of nitrogens with zero attached hydrogens (tertiary/aromatic N) is 1. The van der Waals surface area contributed by atoms with E-state index in [0.717, 1.165) is 10.9 Å². The standard InChI is InChI=1S/C28H24BrNO2/c1-3-15(2)16-12-13-19-20(14-16)24-18-9-5-4-8-17(18)23(19)25-26(24)28(32)30(27(25)31)22-11-7-6-10-21(22)29/h4-15,23-26H,3H2,1-2H3/t15-,23-,24-,25-,26+/m0/s1. The van der Waals surface area contributed by atoms with Crippen LogP contribution in [0.25, 0.3) is 0 Å². The normalized spacial score (nSPS) is 26.0. The van der Waals surface area contributed by atoms with Gasteiger partial charge in [-0.1, -0.05) is 68.4 Å². The van der Waals surface area contributed by atoms with Gasteiger partial charge in [-0.2, -0.15) is 0 Å². The number of rotatable bonds is 3. The fourth-order valence-electron chi connectivity index (χ4n) is 6.16. The molecule has 3 nitrogen and oxygen atoms in total. The predicted octanol–water partition coefficient (Wildman–Crippen LogP) is 6.36. The van der Waals surface area contributed by atoms with Crippen molar-refractivity contribution >= 4 is 33.4 Å². The summed E-state index contributed by atoms with van der Waals surface area (Å²) in [7, 11) is 0. The Morgan fingerprint density at radius 1 is 0.812 bits per heavy atom. The Kier molecular flexibility index (Phi) is 4.45. The second kappa shape index (κ2) is 7.14. The number of halogens is 1. The first-order chi connectivity index (χ1) is 15.5. The summed E-state index contributed by atoms with van der Waals surface area (Å²) in [5, 5.41) is 0. The highest BCUT2D eigenvalue weighted by Gasteiger charge is 2.62. The van der Waals surface area contributed by atoms with Crippen LogP contribution in [-0.2, 0) is 9.59 Å². The third-order valence-corrected chi connectivity index (χ3v) is 8.51. The van der Waals surface area contributed by atoms with E-state index in [9.17, 15) is 9.59 Å². The lowest BCUT2D eigenvalue weighted by atomic mass is 9.54. The molecule has 4 heteroatoms. The summed E-state index contributed by atoms with van der Waals surface area (Å²) in [5.74, 6) is -0.547. The zero-order valence-corrected chi connectivity index (χ0v) is 19.7. The van der Waals surface area contributed by atoms with Crippen LogP contribution in [0.2, 0.25) is 0 Å². The van der Waals surface area contributed by atoms with Gasteiger partial charge in [0.15, 0.2) is 0 Å². The second-order valence-electron chi connectivity index (χ2n) is 9.30. The third-order valence-electron chi connectivity index (χ3n) is 7.84. The van der Waals surface area contributed by atoms with Crippen molar-refractivity contribution in [1.82, 2.24) is 0 Å². The number of hydrogen-bond acceptors (Lipinski definition) is 2. The number of benzene rings is 3. The largest absolute Gasteiger partial charge is 0.274 e. The van der Waals surface area contributed by atoms with Gasteiger partial charge >= 0.3 is 0 Å². The predicted molar refractivity (Wildman–Crippen MR) is 129 cm³/mol. The van der Waals surface area contributed by atoms with Crippen LogP contribution >= 0.6 is 15.9 Å². The summed E-state index contributed by atoms with van der Waals surface area (Å²) < 4.78 is 0.766. The molecule has 3 aromatic carbocycles. The first-order valence-corrected chi connectivity index (χ1v) is 12.2. The highest BCUT2D eigenvalue weighted by atomic mass is 79.9. The molecular formula is C28H24BrNO2. The minimum absolute atomic E-state index is 0.0732. The number of anilines is 1. The van der Waals surface area contributed by atoms with E-state index in [1.807, 2.05) is 24.3 Å². The van der Waals surface area contributed by atoms with Gasteiger partial charge in [-0.15, -0.1) is 0 Å². The average molecular weight is 486 g/mol. The number of amides is 2. The van der Waals surface area contributed by atoms with Crippen LogP contribution in [0, 0.1) is 11.8 Å². The molecule has 160 valence electrons. The maximum absolute atomic E-state index is 13.9. The van der Waals surface area contributed by atoms with Crippen molar-refractivity contribution in [1.29, 1.82) is 0 Å². The summed E-state index contributed by atoms with van der Waals surface area (Å²) in [6.07, 6.45) is 1.07. The zero-order valence-electron chi connectivity index (χ0n) is 18.1. The Labute approximate surface area is 196 Å². The minimum atomic E-state index is -0.353. The Balaban J connectivity index is 1.56. The van der Waals surface area contributed by atoms with Crippen molar-refractivity contribution in [2.75, 3.05) is 4.90 Å². The molecule has 0 aromatic heterocycles. The maximum Gasteiger partial charge on any atom is 0.238 e. The molecule has 1 saturated heterocycles. The monoisotopic (exact) mass is 485 g/mol. The van der Waals surface area contributed by atoms with Gasteiger partial charge in [0, 0.05) is 16.3 Å². The lowest BCUT2D eigenvalue weighted by Crippen LogP contribution is -2.41. The van der Waals surface area contributed by atoms with Gasteiger partial charge in [0.2, 0.25) is 11.8 Å². The van der Waals surface area contributed by atoms with Crippen LogP contribution in [0.3, 0.4) is 0 Å². The van der Waals surface area contributed by atoms with Crippen LogP contribution in [0.1, 0.15) is 65.8 Å². The van der Waals surface area contributed by atoms with Crippen LogP contribution < -0.4 is 4.90 Å². The molecule has 0 saturated carbocycles. The molecule has 3 aliphatic carbocycles. The fourth-order valence-corrected chi connectivity index (χ4v) is 6.62. The molecule has 7 rings (SSSR count). The van der Waals surface area contributed by atoms with E-state index < -0.39 is 0 Å². The fraction of sp³-hybridized carbons (Fsp3) is 0.286. The first-order valence-electron chi connectivity index (χ1n) is 11.4. The number of carbonyl (C=O) groups excluding carboxylic acids is 2. The molecule has 5 atom stereocenters. The molecule has 1 heterocycles. The van der Waals surface area contributed by atoms with E-state index in [1.165, 1.54) is 32.7 Å². The van der Waals surface area contributed by atoms with E-state index in [-0.39, 0.29) is 35.5 Å². The van der Waals surface area contributed by atoms with E-state index in [0.29, 0.717) is 11.6 Å². The maximum atomic E-state index is 13.9. The molecule has 32 heavy (non-hydrogen) atoms. The zero-order chi connectivity index (χ0) is 22.1. The van der Waals surface area contributed by atoms with Gasteiger partial charge in [0.1, 0.15) is 0 Å². The van der Waals surface area contributed by atoms with E-state index >= 15 is 0 Å². The molecule has 0 N–H and O–H groups in total. The van der Waals surface area contributed by atoms with Crippen LogP contribution in [-0.4, -0.2) is 11.8 Å². The summed E-state index contributed by atoms with van der Waals surface area (Å²) in [6.45, 7) is 4.45. The summed E-state index contributed by atoms with van der Waals surface area (Å²) in [5.41, 5.74) is 6.83. The molecule has 0 unspecified atom stereocenters. The molecule has 2 bridgehead atoms. The van der Waals surface area contributed by atoms with E-state index in [4.69, 9.17) is 0 Å². The topological polar surface area (TPSA) is 37.4 Å². The van der Waals surface area contributed by atoms with Crippen molar-refractivity contribution in [2.24, 2.45) is 11.8 Å². The van der Waals surface area contributed by atoms with Crippen molar-refractivity contribution in [2.45, 2.75) is 38.0 Å². The SMILES string of the molecule is CC[C@H](C)c1ccc2c(c1)[C@@H]1c3ccccc3[C@@H]2[C@@H]2C(=O)N(c3ccccc3Br)C(=O)[C@H]12. The van der Waals surface area contributed by atoms with Gasteiger partial charge in [-0.05, 0) is 68.2 Å². The van der Waals surface area contributed by atoms with Crippen molar-refractivity contribution < 1.29 is 9.59 Å². The van der Waals surface area contributed by atoms with Crippen LogP contribution in [0.15, 0.2) is 71.2 Å². The highest BCUT2D eigenvalue weighted by Crippen LogP contribution is 2.61. The quantitative estimate of drug-likeness (QED) is 0.404. The summed E-state index contributed by atoms with van der Waals surface area (Å²) in [6, 6.07) is 22.7. The van der Waals surface area contributed by atoms with Crippen molar-refractivity contribution in [3.63, 3.8) is 0 Å². The van der Waals surface area contributed by atoms with Gasteiger partial charge in [0.25, 0.3) is 0 Å². The lowest BCUT2D eigenvalue weighted by molar-refractivity contribution is -0.122. The average Bonchev–Trinajstić information content (AvgIpc) is 3.09. The van der Waals surface area contributed by atoms with Crippen LogP contribution in [0.5, 0.6) is 0 Å². The molecule has 2 amide bonds. The van der Waals surface area contributed by atoms with Crippen molar-refractivity contribution in [3.8, 4) is 0 Å². The van der Waals surface area contributed by atoms with Gasteiger partial charge in [0.05, 0.1) is 17.5 Å². The van der Waals surface area contributed by atoms with Crippen LogP contribution in [0.4, 0.5) is 5.69 Å². The lowest BCUT2D eigenvalue weighted by Gasteiger charge is -2.46. The summed E-state index contributed by atoms with van der Waals surface area (Å²) in [4.78, 5) is 29.1. The summed E-state index contributed by atoms with van der Waals surface area (Å²) >= 11 is 3.55. The third kappa shape index (κ3) is 2.53. The van der Waals surface area contributed by atoms with E-state index in [1.54, 1.807) is 0 Å². The molecular weight excluding hydrogens is 462 g/mol. The molecule has 3 aromatic rings. The van der Waals surface area contributed by atoms with Gasteiger partial charge in [-0.3, -0.25) is 9.59 Å². The smallest absolute Gasteiger partial charge is 0.238 e. The number of hydrogen-bond donors (Lipinski definition) is 0. The van der Waals surface area contributed by atoms with Gasteiger partial charge in [-0.25, -0.2) is 4.90 Å². The Morgan fingerprint density at radius 2 is 1.38 bits per heavy atom. The first kappa shape index (κ1) is 19.9. The number of imide groups is 1. The molecule has 0 radical (unpaired) electrons. The highest BCUT2D eigenvalue weighted by molar-refractivity contribution is 9.10. The molecule has 1 aliphatic heterocycles. The Hall–Kier alpha value is -2.72. The molecule has 0 spiro atoms.